The minimum Gasteiger partial charge on any atom is -0.389 e. The Morgan fingerprint density at radius 1 is 1.06 bits per heavy atom. The van der Waals surface area contributed by atoms with Crippen LogP contribution >= 0.6 is 0 Å². The molecule has 0 fully saturated rings. The number of nitrogens with one attached hydrogen (secondary N) is 1. The zero-order valence-electron chi connectivity index (χ0n) is 11.9. The van der Waals surface area contributed by atoms with Crippen molar-refractivity contribution in [1.82, 2.24) is 5.32 Å². The molecular weight excluding hydrogens is 214 g/mol. The van der Waals surface area contributed by atoms with Crippen LogP contribution in [0.1, 0.15) is 59.3 Å². The minimum atomic E-state index is -0.373. The van der Waals surface area contributed by atoms with E-state index < -0.39 is 0 Å². The summed E-state index contributed by atoms with van der Waals surface area (Å²) in [6, 6.07) is 0.522. The van der Waals surface area contributed by atoms with Crippen molar-refractivity contribution in [2.75, 3.05) is 19.8 Å². The van der Waals surface area contributed by atoms with Gasteiger partial charge in [-0.3, -0.25) is 0 Å². The van der Waals surface area contributed by atoms with Gasteiger partial charge in [-0.05, 0) is 19.3 Å². The van der Waals surface area contributed by atoms with Crippen LogP contribution in [0.3, 0.4) is 0 Å². The van der Waals surface area contributed by atoms with Gasteiger partial charge in [0, 0.05) is 19.2 Å². The summed E-state index contributed by atoms with van der Waals surface area (Å²) in [4.78, 5) is 0. The van der Waals surface area contributed by atoms with Crippen molar-refractivity contribution >= 4 is 0 Å². The molecule has 0 heterocycles. The van der Waals surface area contributed by atoms with Crippen LogP contribution < -0.4 is 5.32 Å². The topological polar surface area (TPSA) is 41.5 Å². The molecule has 0 saturated carbocycles. The number of hydrogen-bond acceptors (Lipinski definition) is 3. The van der Waals surface area contributed by atoms with Gasteiger partial charge in [0.15, 0.2) is 0 Å². The highest BCUT2D eigenvalue weighted by atomic mass is 16.5. The van der Waals surface area contributed by atoms with Gasteiger partial charge in [-0.25, -0.2) is 0 Å². The molecule has 17 heavy (non-hydrogen) atoms. The molecule has 1 unspecified atom stereocenters. The number of aliphatic hydroxyl groups excluding tert-OH is 1. The molecule has 0 aliphatic carbocycles. The van der Waals surface area contributed by atoms with Crippen molar-refractivity contribution < 1.29 is 9.84 Å². The van der Waals surface area contributed by atoms with Gasteiger partial charge in [-0.1, -0.05) is 40.0 Å². The molecule has 0 aliphatic rings. The molecule has 0 saturated heterocycles. The Morgan fingerprint density at radius 2 is 1.76 bits per heavy atom. The number of aliphatic hydroxyl groups is 1. The van der Waals surface area contributed by atoms with E-state index in [1.165, 1.54) is 19.3 Å². The van der Waals surface area contributed by atoms with Gasteiger partial charge in [0.05, 0.1) is 12.7 Å². The third kappa shape index (κ3) is 10.7. The van der Waals surface area contributed by atoms with E-state index in [1.54, 1.807) is 0 Å². The lowest BCUT2D eigenvalue weighted by Crippen LogP contribution is -2.36. The molecule has 0 amide bonds. The summed E-state index contributed by atoms with van der Waals surface area (Å²) < 4.78 is 5.45. The fourth-order valence-electron chi connectivity index (χ4n) is 1.79. The summed E-state index contributed by atoms with van der Waals surface area (Å²) in [6.07, 6.45) is 6.73. The molecule has 104 valence electrons. The van der Waals surface area contributed by atoms with E-state index in [9.17, 15) is 5.11 Å². The molecule has 0 rings (SSSR count). The first-order valence-corrected chi connectivity index (χ1v) is 7.23. The molecular formula is C14H31NO2. The van der Waals surface area contributed by atoms with E-state index in [2.05, 4.69) is 26.1 Å². The first kappa shape index (κ1) is 16.9. The Kier molecular flexibility index (Phi) is 12.3. The predicted molar refractivity (Wildman–Crippen MR) is 73.3 cm³/mol. The van der Waals surface area contributed by atoms with Crippen LogP contribution in [0.5, 0.6) is 0 Å². The van der Waals surface area contributed by atoms with Crippen LogP contribution in [-0.2, 0) is 4.74 Å². The van der Waals surface area contributed by atoms with E-state index in [1.807, 2.05) is 0 Å². The normalized spacial score (nSPS) is 13.2. The lowest BCUT2D eigenvalue weighted by molar-refractivity contribution is 0.0340. The van der Waals surface area contributed by atoms with Crippen LogP contribution in [0.15, 0.2) is 0 Å². The van der Waals surface area contributed by atoms with Crippen LogP contribution in [0.2, 0.25) is 0 Å². The molecule has 0 aromatic heterocycles. The number of unbranched alkanes of at least 4 members (excludes halogenated alkanes) is 3. The molecule has 0 spiro atoms. The first-order valence-electron chi connectivity index (χ1n) is 7.23. The fourth-order valence-corrected chi connectivity index (χ4v) is 1.79. The Balaban J connectivity index is 3.30. The highest BCUT2D eigenvalue weighted by molar-refractivity contribution is 4.66. The predicted octanol–water partition coefficient (Wildman–Crippen LogP) is 2.72. The van der Waals surface area contributed by atoms with Gasteiger partial charge >= 0.3 is 0 Å². The standard InChI is InChI=1S/C14H31NO2/c1-4-7-8-9-10-17-12-14(16)11-15-13(5-2)6-3/h13-16H,4-12H2,1-3H3. The first-order chi connectivity index (χ1) is 8.24. The maximum Gasteiger partial charge on any atom is 0.0897 e. The van der Waals surface area contributed by atoms with Crippen molar-refractivity contribution in [2.24, 2.45) is 0 Å². The second kappa shape index (κ2) is 12.3. The molecule has 3 heteroatoms. The summed E-state index contributed by atoms with van der Waals surface area (Å²) in [7, 11) is 0. The average molecular weight is 245 g/mol. The van der Waals surface area contributed by atoms with E-state index in [0.29, 0.717) is 19.2 Å². The Labute approximate surface area is 107 Å². The Bertz CT molecular complexity index is 149. The van der Waals surface area contributed by atoms with E-state index in [0.717, 1.165) is 25.9 Å². The lowest BCUT2D eigenvalue weighted by Gasteiger charge is -2.18. The largest absolute Gasteiger partial charge is 0.389 e. The van der Waals surface area contributed by atoms with Gasteiger partial charge in [-0.15, -0.1) is 0 Å². The molecule has 0 aliphatic heterocycles. The van der Waals surface area contributed by atoms with Gasteiger partial charge in [-0.2, -0.15) is 0 Å². The molecule has 0 aromatic carbocycles. The highest BCUT2D eigenvalue weighted by Crippen LogP contribution is 2.00. The summed E-state index contributed by atoms with van der Waals surface area (Å²) in [5.41, 5.74) is 0. The van der Waals surface area contributed by atoms with E-state index >= 15 is 0 Å². The number of ether oxygens (including phenoxy) is 1. The SMILES string of the molecule is CCCCCCOCC(O)CNC(CC)CC. The van der Waals surface area contributed by atoms with Crippen LogP contribution in [0, 0.1) is 0 Å². The molecule has 0 bridgehead atoms. The minimum absolute atomic E-state index is 0.373. The highest BCUT2D eigenvalue weighted by Gasteiger charge is 2.07. The zero-order valence-corrected chi connectivity index (χ0v) is 11.9. The van der Waals surface area contributed by atoms with E-state index in [4.69, 9.17) is 4.74 Å². The van der Waals surface area contributed by atoms with Crippen LogP contribution in [0.4, 0.5) is 0 Å². The molecule has 3 nitrogen and oxygen atoms in total. The second-order valence-corrected chi connectivity index (χ2v) is 4.71. The maximum absolute atomic E-state index is 9.70. The number of hydrogen-bond donors (Lipinski definition) is 2. The van der Waals surface area contributed by atoms with E-state index in [-0.39, 0.29) is 6.10 Å². The van der Waals surface area contributed by atoms with Gasteiger partial charge in [0.25, 0.3) is 0 Å². The van der Waals surface area contributed by atoms with Gasteiger partial charge in [0.2, 0.25) is 0 Å². The zero-order chi connectivity index (χ0) is 12.9. The monoisotopic (exact) mass is 245 g/mol. The lowest BCUT2D eigenvalue weighted by atomic mass is 10.1. The van der Waals surface area contributed by atoms with Gasteiger partial charge < -0.3 is 15.2 Å². The van der Waals surface area contributed by atoms with Crippen molar-refractivity contribution in [2.45, 2.75) is 71.4 Å². The summed E-state index contributed by atoms with van der Waals surface area (Å²) in [5.74, 6) is 0. The Morgan fingerprint density at radius 3 is 2.35 bits per heavy atom. The summed E-state index contributed by atoms with van der Waals surface area (Å²) in [6.45, 7) is 8.41. The molecule has 0 radical (unpaired) electrons. The second-order valence-electron chi connectivity index (χ2n) is 4.71. The van der Waals surface area contributed by atoms with Crippen molar-refractivity contribution in [1.29, 1.82) is 0 Å². The maximum atomic E-state index is 9.70. The van der Waals surface area contributed by atoms with Crippen LogP contribution in [0.25, 0.3) is 0 Å². The molecule has 0 aromatic rings. The Hall–Kier alpha value is -0.120. The molecule has 1 atom stereocenters. The third-order valence-electron chi connectivity index (χ3n) is 3.08. The van der Waals surface area contributed by atoms with Crippen molar-refractivity contribution in [3.63, 3.8) is 0 Å². The number of rotatable bonds is 12. The smallest absolute Gasteiger partial charge is 0.0897 e. The average Bonchev–Trinajstić information content (AvgIpc) is 2.35. The van der Waals surface area contributed by atoms with Crippen molar-refractivity contribution in [3.05, 3.63) is 0 Å². The third-order valence-corrected chi connectivity index (χ3v) is 3.08. The summed E-state index contributed by atoms with van der Waals surface area (Å²) >= 11 is 0. The van der Waals surface area contributed by atoms with Crippen LogP contribution in [-0.4, -0.2) is 37.0 Å². The summed E-state index contributed by atoms with van der Waals surface area (Å²) in [5, 5.41) is 13.1. The fraction of sp³-hybridized carbons (Fsp3) is 1.00. The van der Waals surface area contributed by atoms with Crippen molar-refractivity contribution in [3.8, 4) is 0 Å². The quantitative estimate of drug-likeness (QED) is 0.519. The molecule has 2 N–H and O–H groups in total. The van der Waals surface area contributed by atoms with Gasteiger partial charge in [0.1, 0.15) is 0 Å².